The van der Waals surface area contributed by atoms with Crippen LogP contribution in [-0.4, -0.2) is 25.1 Å². The summed E-state index contributed by atoms with van der Waals surface area (Å²) in [7, 11) is 1.76. The monoisotopic (exact) mass is 189 g/mol. The largest absolute Gasteiger partial charge is 0.362 e. The maximum Gasteiger partial charge on any atom is 0.136 e. The van der Waals surface area contributed by atoms with E-state index >= 15 is 0 Å². The summed E-state index contributed by atoms with van der Waals surface area (Å²) < 4.78 is 5.51. The predicted octanol–water partition coefficient (Wildman–Crippen LogP) is 2.20. The van der Waals surface area contributed by atoms with Gasteiger partial charge in [-0.15, -0.1) is 0 Å². The first-order valence-electron chi connectivity index (χ1n) is 4.88. The number of hydrogen-bond donors (Lipinski definition) is 0. The Kier molecular flexibility index (Phi) is 2.96. The van der Waals surface area contributed by atoms with E-state index in [1.54, 1.807) is 7.11 Å². The molecule has 2 nitrogen and oxygen atoms in total. The number of rotatable bonds is 3. The van der Waals surface area contributed by atoms with Crippen molar-refractivity contribution >= 4 is 0 Å². The van der Waals surface area contributed by atoms with Crippen LogP contribution in [0.15, 0.2) is 42.5 Å². The topological polar surface area (TPSA) is 12.5 Å². The molecule has 1 aromatic rings. The van der Waals surface area contributed by atoms with Crippen molar-refractivity contribution in [2.45, 2.75) is 6.23 Å². The minimum Gasteiger partial charge on any atom is -0.362 e. The lowest BCUT2D eigenvalue weighted by atomic mass is 10.2. The summed E-state index contributed by atoms with van der Waals surface area (Å²) in [6.45, 7) is 1.96. The highest BCUT2D eigenvalue weighted by molar-refractivity contribution is 5.18. The Labute approximate surface area is 84.8 Å². The van der Waals surface area contributed by atoms with Crippen molar-refractivity contribution in [3.8, 4) is 0 Å². The van der Waals surface area contributed by atoms with Gasteiger partial charge in [-0.3, -0.25) is 4.90 Å². The molecular formula is C12H15NO. The van der Waals surface area contributed by atoms with Crippen molar-refractivity contribution in [3.63, 3.8) is 0 Å². The molecule has 0 aliphatic carbocycles. The highest BCUT2D eigenvalue weighted by atomic mass is 16.5. The van der Waals surface area contributed by atoms with Crippen molar-refractivity contribution in [1.29, 1.82) is 0 Å². The molecule has 1 atom stereocenters. The summed E-state index contributed by atoms with van der Waals surface area (Å²) in [5.74, 6) is 0. The second-order valence-corrected chi connectivity index (χ2v) is 3.42. The Morgan fingerprint density at radius 2 is 1.79 bits per heavy atom. The molecular weight excluding hydrogens is 174 g/mol. The second kappa shape index (κ2) is 4.40. The van der Waals surface area contributed by atoms with Crippen molar-refractivity contribution in [2.24, 2.45) is 0 Å². The second-order valence-electron chi connectivity index (χ2n) is 3.42. The third kappa shape index (κ3) is 1.86. The van der Waals surface area contributed by atoms with Crippen molar-refractivity contribution in [3.05, 3.63) is 48.0 Å². The summed E-state index contributed by atoms with van der Waals surface area (Å²) >= 11 is 0. The molecule has 2 heteroatoms. The average Bonchev–Trinajstić information content (AvgIpc) is 2.74. The van der Waals surface area contributed by atoms with Crippen LogP contribution in [0, 0.1) is 0 Å². The molecule has 1 aliphatic rings. The van der Waals surface area contributed by atoms with Crippen LogP contribution >= 0.6 is 0 Å². The molecule has 14 heavy (non-hydrogen) atoms. The zero-order chi connectivity index (χ0) is 9.80. The van der Waals surface area contributed by atoms with E-state index in [1.165, 1.54) is 5.56 Å². The molecule has 0 fully saturated rings. The van der Waals surface area contributed by atoms with Gasteiger partial charge in [-0.05, 0) is 5.56 Å². The fourth-order valence-electron chi connectivity index (χ4n) is 1.80. The van der Waals surface area contributed by atoms with Crippen LogP contribution in [0.3, 0.4) is 0 Å². The van der Waals surface area contributed by atoms with Crippen LogP contribution in [0.2, 0.25) is 0 Å². The molecule has 1 unspecified atom stereocenters. The lowest BCUT2D eigenvalue weighted by Gasteiger charge is -2.26. The molecule has 0 saturated carbocycles. The van der Waals surface area contributed by atoms with Crippen LogP contribution in [0.5, 0.6) is 0 Å². The third-order valence-electron chi connectivity index (χ3n) is 2.49. The summed E-state index contributed by atoms with van der Waals surface area (Å²) in [4.78, 5) is 2.29. The Hall–Kier alpha value is -1.12. The average molecular weight is 189 g/mol. The molecule has 1 aliphatic heterocycles. The first-order valence-corrected chi connectivity index (χ1v) is 4.88. The Morgan fingerprint density at radius 1 is 1.14 bits per heavy atom. The van der Waals surface area contributed by atoms with E-state index in [9.17, 15) is 0 Å². The fourth-order valence-corrected chi connectivity index (χ4v) is 1.80. The van der Waals surface area contributed by atoms with Gasteiger partial charge in [-0.25, -0.2) is 0 Å². The minimum atomic E-state index is 0.0891. The van der Waals surface area contributed by atoms with Crippen LogP contribution in [-0.2, 0) is 4.74 Å². The standard InChI is InChI=1S/C12H15NO/c1-14-12(13-9-5-6-10-13)11-7-3-2-4-8-11/h2-8,12H,9-10H2,1H3. The molecule has 0 radical (unpaired) electrons. The molecule has 74 valence electrons. The quantitative estimate of drug-likeness (QED) is 0.676. The van der Waals surface area contributed by atoms with Gasteiger partial charge in [0.15, 0.2) is 0 Å². The molecule has 1 aromatic carbocycles. The van der Waals surface area contributed by atoms with E-state index in [-0.39, 0.29) is 6.23 Å². The van der Waals surface area contributed by atoms with Gasteiger partial charge in [0.05, 0.1) is 0 Å². The van der Waals surface area contributed by atoms with Crippen LogP contribution in [0.4, 0.5) is 0 Å². The fraction of sp³-hybridized carbons (Fsp3) is 0.333. The number of benzene rings is 1. The van der Waals surface area contributed by atoms with Crippen molar-refractivity contribution < 1.29 is 4.74 Å². The van der Waals surface area contributed by atoms with Gasteiger partial charge in [-0.1, -0.05) is 42.5 Å². The molecule has 0 bridgehead atoms. The SMILES string of the molecule is COC(c1ccccc1)N1CC=CC1. The molecule has 0 spiro atoms. The van der Waals surface area contributed by atoms with E-state index in [2.05, 4.69) is 29.2 Å². The van der Waals surface area contributed by atoms with Crippen LogP contribution in [0.25, 0.3) is 0 Å². The van der Waals surface area contributed by atoms with E-state index in [4.69, 9.17) is 4.74 Å². The summed E-state index contributed by atoms with van der Waals surface area (Å²) in [5.41, 5.74) is 1.22. The number of hydrogen-bond acceptors (Lipinski definition) is 2. The third-order valence-corrected chi connectivity index (χ3v) is 2.49. The van der Waals surface area contributed by atoms with E-state index in [0.29, 0.717) is 0 Å². The first kappa shape index (κ1) is 9.44. The molecule has 1 heterocycles. The molecule has 0 amide bonds. The van der Waals surface area contributed by atoms with E-state index in [0.717, 1.165) is 13.1 Å². The van der Waals surface area contributed by atoms with Gasteiger partial charge >= 0.3 is 0 Å². The Bertz CT molecular complexity index is 299. The Morgan fingerprint density at radius 3 is 2.36 bits per heavy atom. The predicted molar refractivity (Wildman–Crippen MR) is 56.9 cm³/mol. The van der Waals surface area contributed by atoms with E-state index in [1.807, 2.05) is 18.2 Å². The number of methoxy groups -OCH3 is 1. The lowest BCUT2D eigenvalue weighted by molar-refractivity contribution is -0.0185. The number of nitrogens with zero attached hydrogens (tertiary/aromatic N) is 1. The van der Waals surface area contributed by atoms with Gasteiger partial charge < -0.3 is 4.74 Å². The molecule has 0 saturated heterocycles. The van der Waals surface area contributed by atoms with Gasteiger partial charge in [0.2, 0.25) is 0 Å². The van der Waals surface area contributed by atoms with Crippen molar-refractivity contribution in [2.75, 3.05) is 20.2 Å². The van der Waals surface area contributed by atoms with Gasteiger partial charge in [0.25, 0.3) is 0 Å². The number of ether oxygens (including phenoxy) is 1. The first-order chi connectivity index (χ1) is 6.92. The van der Waals surface area contributed by atoms with Gasteiger partial charge in [-0.2, -0.15) is 0 Å². The lowest BCUT2D eigenvalue weighted by Crippen LogP contribution is -2.27. The summed E-state index contributed by atoms with van der Waals surface area (Å²) in [6, 6.07) is 10.3. The van der Waals surface area contributed by atoms with Crippen molar-refractivity contribution in [1.82, 2.24) is 4.90 Å². The summed E-state index contributed by atoms with van der Waals surface area (Å²) in [5, 5.41) is 0. The maximum absolute atomic E-state index is 5.51. The molecule has 2 rings (SSSR count). The zero-order valence-electron chi connectivity index (χ0n) is 8.39. The van der Waals surface area contributed by atoms with Crippen LogP contribution < -0.4 is 0 Å². The van der Waals surface area contributed by atoms with Gasteiger partial charge in [0.1, 0.15) is 6.23 Å². The molecule has 0 N–H and O–H groups in total. The smallest absolute Gasteiger partial charge is 0.136 e. The maximum atomic E-state index is 5.51. The van der Waals surface area contributed by atoms with E-state index < -0.39 is 0 Å². The van der Waals surface area contributed by atoms with Crippen LogP contribution in [0.1, 0.15) is 11.8 Å². The minimum absolute atomic E-state index is 0.0891. The Balaban J connectivity index is 2.13. The highest BCUT2D eigenvalue weighted by Gasteiger charge is 2.19. The normalized spacial score (nSPS) is 18.6. The molecule has 0 aromatic heterocycles. The zero-order valence-corrected chi connectivity index (χ0v) is 8.39. The highest BCUT2D eigenvalue weighted by Crippen LogP contribution is 2.22. The summed E-state index contributed by atoms with van der Waals surface area (Å²) in [6.07, 6.45) is 4.44. The van der Waals surface area contributed by atoms with Gasteiger partial charge in [0, 0.05) is 20.2 Å².